The third kappa shape index (κ3) is 6.08. The van der Waals surface area contributed by atoms with Gasteiger partial charge in [0.25, 0.3) is 0 Å². The monoisotopic (exact) mass is 276 g/mol. The Hall–Kier alpha value is -0.990. The highest BCUT2D eigenvalue weighted by molar-refractivity contribution is 7.89. The van der Waals surface area contributed by atoms with Crippen LogP contribution in [0, 0.1) is 6.92 Å². The van der Waals surface area contributed by atoms with Crippen LogP contribution in [0.2, 0.25) is 0 Å². The van der Waals surface area contributed by atoms with Gasteiger partial charge in [-0.1, -0.05) is 12.1 Å². The molecule has 0 amide bonds. The van der Waals surface area contributed by atoms with Crippen molar-refractivity contribution in [2.24, 2.45) is 0 Å². The van der Waals surface area contributed by atoms with E-state index in [9.17, 15) is 8.42 Å². The zero-order valence-electron chi connectivity index (χ0n) is 10.8. The molecule has 0 bridgehead atoms. The molecular weight excluding hydrogens is 256 g/mol. The number of aryl methyl sites for hydroxylation is 1. The quantitative estimate of drug-likeness (QED) is 0.625. The summed E-state index contributed by atoms with van der Waals surface area (Å²) < 4.78 is 30.5. The van der Waals surface area contributed by atoms with Crippen molar-refractivity contribution >= 4 is 10.0 Å². The van der Waals surface area contributed by atoms with Crippen LogP contribution in [0.25, 0.3) is 0 Å². The topological polar surface area (TPSA) is 97.1 Å². The molecule has 1 aromatic rings. The van der Waals surface area contributed by atoms with Crippen LogP contribution in [0.3, 0.4) is 0 Å². The summed E-state index contributed by atoms with van der Waals surface area (Å²) in [5.41, 5.74) is 0. The highest BCUT2D eigenvalue weighted by Gasteiger charge is 2.11. The Bertz CT molecular complexity index is 444. The van der Waals surface area contributed by atoms with E-state index in [2.05, 4.69) is 27.1 Å². The largest absolute Gasteiger partial charge is 0.338 e. The molecule has 1 rings (SSSR count). The van der Waals surface area contributed by atoms with E-state index >= 15 is 0 Å². The normalized spacial score (nSPS) is 11.9. The van der Waals surface area contributed by atoms with Crippen LogP contribution in [0.1, 0.15) is 31.5 Å². The van der Waals surface area contributed by atoms with Crippen LogP contribution >= 0.6 is 0 Å². The minimum Gasteiger partial charge on any atom is -0.338 e. The van der Waals surface area contributed by atoms with Crippen molar-refractivity contribution in [2.45, 2.75) is 33.2 Å². The Morgan fingerprint density at radius 1 is 1.33 bits per heavy atom. The van der Waals surface area contributed by atoms with Crippen molar-refractivity contribution in [3.8, 4) is 0 Å². The molecule has 0 saturated carbocycles. The molecule has 0 aromatic carbocycles. The van der Waals surface area contributed by atoms with Gasteiger partial charge in [0.15, 0.2) is 5.82 Å². The van der Waals surface area contributed by atoms with E-state index in [0.717, 1.165) is 13.0 Å². The van der Waals surface area contributed by atoms with Crippen LogP contribution < -0.4 is 10.0 Å². The summed E-state index contributed by atoms with van der Waals surface area (Å²) in [5.74, 6) is 0.866. The first kappa shape index (κ1) is 15.1. The molecule has 2 N–H and O–H groups in total. The van der Waals surface area contributed by atoms with Crippen LogP contribution in [0.15, 0.2) is 4.52 Å². The average molecular weight is 276 g/mol. The lowest BCUT2D eigenvalue weighted by Gasteiger charge is -2.05. The number of nitrogens with zero attached hydrogens (tertiary/aromatic N) is 2. The smallest absolute Gasteiger partial charge is 0.241 e. The van der Waals surface area contributed by atoms with E-state index in [1.165, 1.54) is 0 Å². The second-order valence-electron chi connectivity index (χ2n) is 3.98. The molecule has 1 heterocycles. The predicted molar refractivity (Wildman–Crippen MR) is 67.4 cm³/mol. The van der Waals surface area contributed by atoms with E-state index in [1.807, 2.05) is 0 Å². The van der Waals surface area contributed by atoms with Crippen molar-refractivity contribution in [1.82, 2.24) is 20.2 Å². The van der Waals surface area contributed by atoms with Gasteiger partial charge < -0.3 is 9.84 Å². The van der Waals surface area contributed by atoms with Gasteiger partial charge in [-0.3, -0.25) is 0 Å². The van der Waals surface area contributed by atoms with Crippen LogP contribution in [-0.2, 0) is 16.6 Å². The summed E-state index contributed by atoms with van der Waals surface area (Å²) in [5, 5.41) is 6.73. The molecule has 0 aliphatic carbocycles. The van der Waals surface area contributed by atoms with Gasteiger partial charge in [-0.15, -0.1) is 0 Å². The molecule has 1 aromatic heterocycles. The SMILES string of the molecule is CCCNCCCS(=O)(=O)NCc1nc(C)no1. The molecule has 0 atom stereocenters. The van der Waals surface area contributed by atoms with Gasteiger partial charge in [0.05, 0.1) is 12.3 Å². The Labute approximate surface area is 107 Å². The van der Waals surface area contributed by atoms with Crippen LogP contribution in [-0.4, -0.2) is 37.4 Å². The first-order valence-corrected chi connectivity index (χ1v) is 7.66. The fraction of sp³-hybridized carbons (Fsp3) is 0.800. The fourth-order valence-corrected chi connectivity index (χ4v) is 2.36. The molecule has 104 valence electrons. The molecule has 0 aliphatic rings. The second-order valence-corrected chi connectivity index (χ2v) is 5.91. The molecule has 0 spiro atoms. The van der Waals surface area contributed by atoms with E-state index < -0.39 is 10.0 Å². The lowest BCUT2D eigenvalue weighted by Crippen LogP contribution is -2.28. The van der Waals surface area contributed by atoms with Crippen LogP contribution in [0.5, 0.6) is 0 Å². The maximum Gasteiger partial charge on any atom is 0.241 e. The zero-order valence-corrected chi connectivity index (χ0v) is 11.6. The number of nitrogens with one attached hydrogen (secondary N) is 2. The maximum atomic E-state index is 11.6. The maximum absolute atomic E-state index is 11.6. The number of sulfonamides is 1. The lowest BCUT2D eigenvalue weighted by atomic mass is 10.4. The molecule has 0 radical (unpaired) electrons. The van der Waals surface area contributed by atoms with E-state index in [-0.39, 0.29) is 18.2 Å². The molecule has 7 nitrogen and oxygen atoms in total. The predicted octanol–water partition coefficient (Wildman–Crippen LogP) is 0.187. The molecule has 0 aliphatic heterocycles. The van der Waals surface area contributed by atoms with Gasteiger partial charge in [-0.25, -0.2) is 13.1 Å². The summed E-state index contributed by atoms with van der Waals surface area (Å²) in [4.78, 5) is 3.92. The first-order chi connectivity index (χ1) is 8.53. The number of aromatic nitrogens is 2. The number of rotatable bonds is 9. The lowest BCUT2D eigenvalue weighted by molar-refractivity contribution is 0.372. The molecule has 18 heavy (non-hydrogen) atoms. The van der Waals surface area contributed by atoms with E-state index in [4.69, 9.17) is 4.52 Å². The summed E-state index contributed by atoms with van der Waals surface area (Å²) in [6, 6.07) is 0. The van der Waals surface area contributed by atoms with Crippen molar-refractivity contribution in [3.05, 3.63) is 11.7 Å². The Morgan fingerprint density at radius 2 is 2.11 bits per heavy atom. The van der Waals surface area contributed by atoms with Gasteiger partial charge in [0.1, 0.15) is 0 Å². The summed E-state index contributed by atoms with van der Waals surface area (Å²) in [6.07, 6.45) is 1.62. The Kier molecular flexibility index (Phi) is 6.23. The average Bonchev–Trinajstić information content (AvgIpc) is 2.73. The standard InChI is InChI=1S/C10H20N4O3S/c1-3-5-11-6-4-7-18(15,16)12-8-10-13-9(2)14-17-10/h11-12H,3-8H2,1-2H3. The third-order valence-electron chi connectivity index (χ3n) is 2.21. The fourth-order valence-electron chi connectivity index (χ4n) is 1.34. The number of hydrogen-bond donors (Lipinski definition) is 2. The minimum absolute atomic E-state index is 0.0472. The van der Waals surface area contributed by atoms with Crippen LogP contribution in [0.4, 0.5) is 0 Å². The van der Waals surface area contributed by atoms with Crippen molar-refractivity contribution in [3.63, 3.8) is 0 Å². The second kappa shape index (κ2) is 7.45. The summed E-state index contributed by atoms with van der Waals surface area (Å²) in [7, 11) is -3.28. The molecule has 0 saturated heterocycles. The summed E-state index contributed by atoms with van der Waals surface area (Å²) >= 11 is 0. The van der Waals surface area contributed by atoms with E-state index in [0.29, 0.717) is 18.8 Å². The van der Waals surface area contributed by atoms with Gasteiger partial charge in [-0.05, 0) is 32.9 Å². The Morgan fingerprint density at radius 3 is 2.72 bits per heavy atom. The van der Waals surface area contributed by atoms with Gasteiger partial charge in [0, 0.05) is 0 Å². The zero-order chi connectivity index (χ0) is 13.4. The molecule has 8 heteroatoms. The molecule has 0 unspecified atom stereocenters. The highest BCUT2D eigenvalue weighted by atomic mass is 32.2. The van der Waals surface area contributed by atoms with Crippen molar-refractivity contribution in [2.75, 3.05) is 18.8 Å². The number of hydrogen-bond acceptors (Lipinski definition) is 6. The molecule has 0 fully saturated rings. The van der Waals surface area contributed by atoms with Gasteiger partial charge in [0.2, 0.25) is 15.9 Å². The van der Waals surface area contributed by atoms with Gasteiger partial charge >= 0.3 is 0 Å². The summed E-state index contributed by atoms with van der Waals surface area (Å²) in [6.45, 7) is 5.41. The Balaban J connectivity index is 2.23. The minimum atomic E-state index is -3.28. The highest BCUT2D eigenvalue weighted by Crippen LogP contribution is 1.97. The van der Waals surface area contributed by atoms with Crippen molar-refractivity contribution < 1.29 is 12.9 Å². The first-order valence-electron chi connectivity index (χ1n) is 6.00. The van der Waals surface area contributed by atoms with E-state index in [1.54, 1.807) is 6.92 Å². The molecular formula is C10H20N4O3S. The van der Waals surface area contributed by atoms with Crippen molar-refractivity contribution in [1.29, 1.82) is 0 Å². The van der Waals surface area contributed by atoms with Gasteiger partial charge in [-0.2, -0.15) is 4.98 Å². The third-order valence-corrected chi connectivity index (χ3v) is 3.62.